The van der Waals surface area contributed by atoms with Crippen molar-refractivity contribution in [3.05, 3.63) is 143 Å². The maximum atomic E-state index is 13.5. The first-order valence-corrected chi connectivity index (χ1v) is 14.5. The van der Waals surface area contributed by atoms with Gasteiger partial charge in [-0.3, -0.25) is 14.4 Å². The van der Waals surface area contributed by atoms with E-state index in [1.54, 1.807) is 66.7 Å². The fraction of sp³-hybridized carbons (Fsp3) is 0.0294. The van der Waals surface area contributed by atoms with Crippen LogP contribution in [0.5, 0.6) is 0 Å². The summed E-state index contributed by atoms with van der Waals surface area (Å²) in [7, 11) is 0. The third kappa shape index (κ3) is 7.46. The number of para-hydroxylation sites is 1. The number of hydrogen-bond donors (Lipinski definition) is 3. The molecule has 6 nitrogen and oxygen atoms in total. The van der Waals surface area contributed by atoms with Crippen molar-refractivity contribution in [2.45, 2.75) is 4.90 Å². The van der Waals surface area contributed by atoms with Crippen LogP contribution < -0.4 is 16.0 Å². The smallest absolute Gasteiger partial charge is 0.272 e. The molecule has 0 aliphatic rings. The highest BCUT2D eigenvalue weighted by atomic mass is 35.5. The molecule has 0 aliphatic carbocycles. The Morgan fingerprint density at radius 1 is 0.714 bits per heavy atom. The molecular weight excluding hydrogens is 566 g/mol. The largest absolute Gasteiger partial charge is 0.324 e. The average molecular weight is 592 g/mol. The van der Waals surface area contributed by atoms with Crippen LogP contribution in [0.1, 0.15) is 15.9 Å². The molecule has 0 atom stereocenters. The molecule has 208 valence electrons. The second-order valence-electron chi connectivity index (χ2n) is 9.24. The minimum atomic E-state index is -0.466. The van der Waals surface area contributed by atoms with Gasteiger partial charge < -0.3 is 16.0 Å². The Kier molecular flexibility index (Phi) is 9.33. The summed E-state index contributed by atoms with van der Waals surface area (Å²) < 4.78 is 0. The summed E-state index contributed by atoms with van der Waals surface area (Å²) in [6, 6.07) is 36.6. The molecule has 0 unspecified atom stereocenters. The summed E-state index contributed by atoms with van der Waals surface area (Å²) in [5, 5.41) is 10.9. The minimum Gasteiger partial charge on any atom is -0.324 e. The Hall–Kier alpha value is -4.85. The van der Waals surface area contributed by atoms with Crippen LogP contribution in [0, 0.1) is 0 Å². The van der Waals surface area contributed by atoms with Crippen LogP contribution in [-0.4, -0.2) is 23.5 Å². The number of nitrogens with one attached hydrogen (secondary N) is 3. The highest BCUT2D eigenvalue weighted by molar-refractivity contribution is 8.00. The fourth-order valence-corrected chi connectivity index (χ4v) is 5.09. The van der Waals surface area contributed by atoms with Crippen LogP contribution in [0.2, 0.25) is 5.02 Å². The van der Waals surface area contributed by atoms with Crippen molar-refractivity contribution < 1.29 is 14.4 Å². The van der Waals surface area contributed by atoms with Crippen molar-refractivity contribution >= 4 is 69.3 Å². The van der Waals surface area contributed by atoms with Crippen molar-refractivity contribution in [1.29, 1.82) is 0 Å². The molecule has 0 fully saturated rings. The number of thioether (sulfide) groups is 1. The summed E-state index contributed by atoms with van der Waals surface area (Å²) in [5.41, 5.74) is 2.45. The molecule has 0 heterocycles. The average Bonchev–Trinajstić information content (AvgIpc) is 3.02. The van der Waals surface area contributed by atoms with Crippen LogP contribution >= 0.6 is 23.4 Å². The van der Waals surface area contributed by atoms with Gasteiger partial charge in [0, 0.05) is 16.1 Å². The standard InChI is InChI=1S/C34H26ClN3O3S/c35-29-15-6-7-16-30(29)37-32(39)22-42-27-19-17-26(18-20-27)36-34(41)31(38-33(40)24-10-2-1-3-11-24)21-25-13-8-12-23-9-4-5-14-28(23)25/h1-21H,22H2,(H,36,41)(H,37,39)(H,38,40)/b31-21-. The van der Waals surface area contributed by atoms with Crippen molar-refractivity contribution in [1.82, 2.24) is 5.32 Å². The third-order valence-electron chi connectivity index (χ3n) is 6.28. The summed E-state index contributed by atoms with van der Waals surface area (Å²) in [6.07, 6.45) is 1.68. The maximum Gasteiger partial charge on any atom is 0.272 e. The number of anilines is 2. The topological polar surface area (TPSA) is 87.3 Å². The molecule has 0 radical (unpaired) electrons. The SMILES string of the molecule is O=C(CSc1ccc(NC(=O)/C(=C/c2cccc3ccccc23)NC(=O)c2ccccc2)cc1)Nc1ccccc1Cl. The van der Waals surface area contributed by atoms with Crippen LogP contribution in [0.25, 0.3) is 16.8 Å². The van der Waals surface area contributed by atoms with Gasteiger partial charge >= 0.3 is 0 Å². The van der Waals surface area contributed by atoms with Gasteiger partial charge in [0.2, 0.25) is 5.91 Å². The number of carbonyl (C=O) groups is 3. The Bertz CT molecular complexity index is 1770. The van der Waals surface area contributed by atoms with Crippen LogP contribution in [0.3, 0.4) is 0 Å². The quantitative estimate of drug-likeness (QED) is 0.121. The van der Waals surface area contributed by atoms with Crippen LogP contribution in [-0.2, 0) is 9.59 Å². The zero-order chi connectivity index (χ0) is 29.3. The van der Waals surface area contributed by atoms with E-state index in [-0.39, 0.29) is 23.3 Å². The monoisotopic (exact) mass is 591 g/mol. The van der Waals surface area contributed by atoms with Crippen molar-refractivity contribution in [3.8, 4) is 0 Å². The highest BCUT2D eigenvalue weighted by Gasteiger charge is 2.16. The lowest BCUT2D eigenvalue weighted by molar-refractivity contribution is -0.114. The van der Waals surface area contributed by atoms with Crippen LogP contribution in [0.4, 0.5) is 11.4 Å². The molecule has 0 bridgehead atoms. The number of hydrogen-bond acceptors (Lipinski definition) is 4. The van der Waals surface area contributed by atoms with E-state index in [4.69, 9.17) is 11.6 Å². The first kappa shape index (κ1) is 28.7. The van der Waals surface area contributed by atoms with Gasteiger partial charge in [0.25, 0.3) is 11.8 Å². The molecule has 3 N–H and O–H groups in total. The van der Waals surface area contributed by atoms with Gasteiger partial charge in [0.05, 0.1) is 16.5 Å². The lowest BCUT2D eigenvalue weighted by Crippen LogP contribution is -2.30. The molecule has 0 aliphatic heterocycles. The number of halogens is 1. The molecule has 5 rings (SSSR count). The third-order valence-corrected chi connectivity index (χ3v) is 7.62. The zero-order valence-corrected chi connectivity index (χ0v) is 23.9. The number of amides is 3. The summed E-state index contributed by atoms with van der Waals surface area (Å²) in [6.45, 7) is 0. The lowest BCUT2D eigenvalue weighted by Gasteiger charge is -2.13. The molecule has 5 aromatic rings. The molecule has 0 saturated heterocycles. The Morgan fingerprint density at radius 3 is 2.19 bits per heavy atom. The maximum absolute atomic E-state index is 13.5. The second kappa shape index (κ2) is 13.7. The van der Waals surface area contributed by atoms with Gasteiger partial charge in [-0.25, -0.2) is 0 Å². The molecule has 3 amide bonds. The molecule has 0 spiro atoms. The molecule has 5 aromatic carbocycles. The normalized spacial score (nSPS) is 11.1. The predicted octanol–water partition coefficient (Wildman–Crippen LogP) is 7.63. The van der Waals surface area contributed by atoms with E-state index in [9.17, 15) is 14.4 Å². The molecule has 8 heteroatoms. The predicted molar refractivity (Wildman–Crippen MR) is 172 cm³/mol. The van der Waals surface area contributed by atoms with Gasteiger partial charge in [-0.2, -0.15) is 0 Å². The van der Waals surface area contributed by atoms with E-state index in [2.05, 4.69) is 16.0 Å². The number of carbonyl (C=O) groups excluding carboxylic acids is 3. The lowest BCUT2D eigenvalue weighted by atomic mass is 10.0. The number of rotatable bonds is 9. The molecule has 42 heavy (non-hydrogen) atoms. The van der Waals surface area contributed by atoms with E-state index >= 15 is 0 Å². The van der Waals surface area contributed by atoms with Crippen LogP contribution in [0.15, 0.2) is 132 Å². The minimum absolute atomic E-state index is 0.106. The van der Waals surface area contributed by atoms with Gasteiger partial charge in [-0.1, -0.05) is 84.4 Å². The summed E-state index contributed by atoms with van der Waals surface area (Å²) >= 11 is 7.47. The van der Waals surface area contributed by atoms with E-state index < -0.39 is 5.91 Å². The van der Waals surface area contributed by atoms with E-state index in [0.29, 0.717) is 22.0 Å². The Balaban J connectivity index is 1.29. The van der Waals surface area contributed by atoms with Gasteiger partial charge in [-0.05, 0) is 70.9 Å². The van der Waals surface area contributed by atoms with Gasteiger partial charge in [0.1, 0.15) is 5.70 Å². The molecule has 0 aromatic heterocycles. The Morgan fingerprint density at radius 2 is 1.40 bits per heavy atom. The number of benzene rings is 5. The summed E-state index contributed by atoms with van der Waals surface area (Å²) in [4.78, 5) is 39.7. The van der Waals surface area contributed by atoms with Crippen molar-refractivity contribution in [3.63, 3.8) is 0 Å². The first-order valence-electron chi connectivity index (χ1n) is 13.1. The molecular formula is C34H26ClN3O3S. The van der Waals surface area contributed by atoms with Crippen molar-refractivity contribution in [2.24, 2.45) is 0 Å². The van der Waals surface area contributed by atoms with E-state index in [1.807, 2.05) is 60.7 Å². The van der Waals surface area contributed by atoms with Gasteiger partial charge in [-0.15, -0.1) is 11.8 Å². The highest BCUT2D eigenvalue weighted by Crippen LogP contribution is 2.24. The summed E-state index contributed by atoms with van der Waals surface area (Å²) in [5.74, 6) is -0.839. The van der Waals surface area contributed by atoms with E-state index in [1.165, 1.54) is 11.8 Å². The Labute approximate surface area is 252 Å². The zero-order valence-electron chi connectivity index (χ0n) is 22.3. The molecule has 0 saturated carbocycles. The number of fused-ring (bicyclic) bond motifs is 1. The van der Waals surface area contributed by atoms with Crippen molar-refractivity contribution in [2.75, 3.05) is 16.4 Å². The second-order valence-corrected chi connectivity index (χ2v) is 10.7. The fourth-order valence-electron chi connectivity index (χ4n) is 4.20. The first-order chi connectivity index (χ1) is 20.5. The van der Waals surface area contributed by atoms with Gasteiger partial charge in [0.15, 0.2) is 0 Å². The van der Waals surface area contributed by atoms with E-state index in [0.717, 1.165) is 21.2 Å².